The van der Waals surface area contributed by atoms with E-state index in [9.17, 15) is 9.59 Å². The molecule has 86 valence electrons. The molecule has 0 heterocycles. The van der Waals surface area contributed by atoms with Gasteiger partial charge in [0.25, 0.3) is 0 Å². The Hall–Kier alpha value is -0.740. The second kappa shape index (κ2) is 6.69. The van der Waals surface area contributed by atoms with Gasteiger partial charge in [0.2, 0.25) is 0 Å². The maximum atomic E-state index is 11.1. The fourth-order valence-electron chi connectivity index (χ4n) is 0.700. The molecule has 2 atom stereocenters. The van der Waals surface area contributed by atoms with Crippen molar-refractivity contribution in [2.45, 2.75) is 31.4 Å². The Morgan fingerprint density at radius 3 is 2.07 bits per heavy atom. The summed E-state index contributed by atoms with van der Waals surface area (Å²) in [5.74, 6) is -1.36. The number of esters is 2. The lowest BCUT2D eigenvalue weighted by Crippen LogP contribution is -2.16. The van der Waals surface area contributed by atoms with Crippen LogP contribution in [0.15, 0.2) is 12.2 Å². The summed E-state index contributed by atoms with van der Waals surface area (Å²) in [6, 6.07) is 0. The number of alkyl halides is 2. The van der Waals surface area contributed by atoms with Crippen molar-refractivity contribution in [1.82, 2.24) is 0 Å². The molecule has 0 bridgehead atoms. The molecular formula is C9H12Cl2O4. The lowest BCUT2D eigenvalue weighted by atomic mass is 10.2. The largest absolute Gasteiger partial charge is 0.446 e. The summed E-state index contributed by atoms with van der Waals surface area (Å²) in [4.78, 5) is 22.2. The van der Waals surface area contributed by atoms with Crippen molar-refractivity contribution >= 4 is 35.1 Å². The second-order valence-electron chi connectivity index (χ2n) is 2.76. The maximum Gasteiger partial charge on any atom is 0.335 e. The van der Waals surface area contributed by atoms with E-state index in [2.05, 4.69) is 16.1 Å². The number of hydrogen-bond donors (Lipinski definition) is 0. The van der Waals surface area contributed by atoms with Crippen LogP contribution in [0, 0.1) is 0 Å². The molecule has 15 heavy (non-hydrogen) atoms. The molecule has 0 aliphatic carbocycles. The van der Waals surface area contributed by atoms with Crippen LogP contribution in [-0.4, -0.2) is 23.1 Å². The first-order chi connectivity index (χ1) is 6.82. The summed E-state index contributed by atoms with van der Waals surface area (Å²) < 4.78 is 9.20. The Morgan fingerprint density at radius 2 is 1.67 bits per heavy atom. The lowest BCUT2D eigenvalue weighted by molar-refractivity contribution is -0.147. The third-order valence-corrected chi connectivity index (χ3v) is 1.39. The van der Waals surface area contributed by atoms with Gasteiger partial charge in [0.15, 0.2) is 11.1 Å². The van der Waals surface area contributed by atoms with Gasteiger partial charge in [-0.15, -0.1) is 0 Å². The molecule has 0 rings (SSSR count). The quantitative estimate of drug-likeness (QED) is 0.429. The second-order valence-corrected chi connectivity index (χ2v) is 3.99. The van der Waals surface area contributed by atoms with Gasteiger partial charge in [0, 0.05) is 5.57 Å². The molecule has 0 N–H and O–H groups in total. The summed E-state index contributed by atoms with van der Waals surface area (Å²) in [6.45, 7) is 6.34. The van der Waals surface area contributed by atoms with E-state index in [-0.39, 0.29) is 12.0 Å². The van der Waals surface area contributed by atoms with Crippen molar-refractivity contribution < 1.29 is 19.1 Å². The third kappa shape index (κ3) is 7.22. The predicted octanol–water partition coefficient (Wildman–Crippen LogP) is 2.19. The van der Waals surface area contributed by atoms with Gasteiger partial charge in [-0.3, -0.25) is 4.79 Å². The van der Waals surface area contributed by atoms with Crippen molar-refractivity contribution in [1.29, 1.82) is 0 Å². The van der Waals surface area contributed by atoms with Crippen LogP contribution in [0.3, 0.4) is 0 Å². The Morgan fingerprint density at radius 1 is 1.20 bits per heavy atom. The highest BCUT2D eigenvalue weighted by Gasteiger charge is 2.16. The topological polar surface area (TPSA) is 52.6 Å². The van der Waals surface area contributed by atoms with Crippen LogP contribution in [0.4, 0.5) is 0 Å². The minimum absolute atomic E-state index is 0.0233. The maximum absolute atomic E-state index is 11.1. The van der Waals surface area contributed by atoms with Crippen LogP contribution in [0.2, 0.25) is 0 Å². The zero-order chi connectivity index (χ0) is 12.0. The molecule has 2 unspecified atom stereocenters. The monoisotopic (exact) mass is 254 g/mol. The van der Waals surface area contributed by atoms with E-state index in [1.54, 1.807) is 0 Å². The SMILES string of the molecule is C=C(CC(=O)OC(C)Cl)C(=O)OC(C)Cl. The standard InChI is InChI=1S/C9H12Cl2O4/c1-5(9(13)15-7(3)11)4-8(12)14-6(2)10/h6-7H,1,4H2,2-3H3. The molecule has 4 nitrogen and oxygen atoms in total. The van der Waals surface area contributed by atoms with Crippen LogP contribution in [0.5, 0.6) is 0 Å². The van der Waals surface area contributed by atoms with Gasteiger partial charge in [-0.25, -0.2) is 4.79 Å². The van der Waals surface area contributed by atoms with Gasteiger partial charge in [-0.2, -0.15) is 0 Å². The smallest absolute Gasteiger partial charge is 0.335 e. The number of carbonyl (C=O) groups excluding carboxylic acids is 2. The van der Waals surface area contributed by atoms with Gasteiger partial charge in [-0.05, 0) is 13.8 Å². The van der Waals surface area contributed by atoms with Gasteiger partial charge in [-0.1, -0.05) is 29.8 Å². The van der Waals surface area contributed by atoms with Gasteiger partial charge in [0.1, 0.15) is 0 Å². The summed E-state index contributed by atoms with van der Waals surface area (Å²) in [6.07, 6.45) is -0.264. The number of halogens is 2. The number of carbonyl (C=O) groups is 2. The summed E-state index contributed by atoms with van der Waals surface area (Å²) in [5.41, 5.74) is -1.53. The summed E-state index contributed by atoms with van der Waals surface area (Å²) >= 11 is 10.8. The molecule has 0 amide bonds. The molecule has 0 aromatic carbocycles. The molecule has 0 aliphatic heterocycles. The van der Waals surface area contributed by atoms with Crippen LogP contribution >= 0.6 is 23.2 Å². The van der Waals surface area contributed by atoms with E-state index in [1.165, 1.54) is 13.8 Å². The van der Waals surface area contributed by atoms with E-state index in [0.717, 1.165) is 0 Å². The first-order valence-electron chi connectivity index (χ1n) is 4.19. The molecule has 0 aliphatic rings. The van der Waals surface area contributed by atoms with Gasteiger partial charge >= 0.3 is 11.9 Å². The first-order valence-corrected chi connectivity index (χ1v) is 5.06. The fourth-order valence-corrected chi connectivity index (χ4v) is 0.880. The highest BCUT2D eigenvalue weighted by molar-refractivity contribution is 6.20. The molecule has 0 spiro atoms. The van der Waals surface area contributed by atoms with E-state index >= 15 is 0 Å². The summed E-state index contributed by atoms with van der Waals surface area (Å²) in [7, 11) is 0. The summed E-state index contributed by atoms with van der Waals surface area (Å²) in [5, 5.41) is 0. The predicted molar refractivity (Wildman–Crippen MR) is 56.6 cm³/mol. The van der Waals surface area contributed by atoms with Crippen molar-refractivity contribution in [2.24, 2.45) is 0 Å². The Balaban J connectivity index is 4.02. The van der Waals surface area contributed by atoms with E-state index < -0.39 is 23.1 Å². The Kier molecular flexibility index (Phi) is 6.36. The average molecular weight is 255 g/mol. The zero-order valence-electron chi connectivity index (χ0n) is 8.46. The van der Waals surface area contributed by atoms with Crippen molar-refractivity contribution in [3.8, 4) is 0 Å². The van der Waals surface area contributed by atoms with Crippen LogP contribution in [0.1, 0.15) is 20.3 Å². The van der Waals surface area contributed by atoms with Crippen LogP contribution < -0.4 is 0 Å². The van der Waals surface area contributed by atoms with E-state index in [4.69, 9.17) is 23.2 Å². The highest BCUT2D eigenvalue weighted by atomic mass is 35.5. The van der Waals surface area contributed by atoms with Crippen molar-refractivity contribution in [3.63, 3.8) is 0 Å². The normalized spacial score (nSPS) is 13.9. The Labute approximate surface area is 98.1 Å². The van der Waals surface area contributed by atoms with Gasteiger partial charge < -0.3 is 9.47 Å². The third-order valence-electron chi connectivity index (χ3n) is 1.21. The molecule has 0 radical (unpaired) electrons. The molecule has 0 aromatic rings. The minimum atomic E-state index is -0.766. The van der Waals surface area contributed by atoms with Gasteiger partial charge in [0.05, 0.1) is 6.42 Å². The highest BCUT2D eigenvalue weighted by Crippen LogP contribution is 2.08. The van der Waals surface area contributed by atoms with E-state index in [0.29, 0.717) is 0 Å². The zero-order valence-corrected chi connectivity index (χ0v) is 9.97. The first kappa shape index (κ1) is 14.3. The lowest BCUT2D eigenvalue weighted by Gasteiger charge is -2.09. The Bertz CT molecular complexity index is 261. The molecule has 0 aromatic heterocycles. The van der Waals surface area contributed by atoms with Crippen molar-refractivity contribution in [3.05, 3.63) is 12.2 Å². The molecule has 0 fully saturated rings. The van der Waals surface area contributed by atoms with E-state index in [1.807, 2.05) is 0 Å². The average Bonchev–Trinajstić information content (AvgIpc) is 2.00. The number of rotatable bonds is 5. The molecular weight excluding hydrogens is 243 g/mol. The molecule has 0 saturated carbocycles. The number of hydrogen-bond acceptors (Lipinski definition) is 4. The fraction of sp³-hybridized carbons (Fsp3) is 0.556. The van der Waals surface area contributed by atoms with Crippen LogP contribution in [0.25, 0.3) is 0 Å². The minimum Gasteiger partial charge on any atom is -0.446 e. The van der Waals surface area contributed by atoms with Crippen LogP contribution in [-0.2, 0) is 19.1 Å². The molecule has 0 saturated heterocycles. The molecule has 6 heteroatoms. The van der Waals surface area contributed by atoms with Crippen molar-refractivity contribution in [2.75, 3.05) is 0 Å². The number of ether oxygens (including phenoxy) is 2.